The maximum atomic E-state index is 14.2. The van der Waals surface area contributed by atoms with E-state index in [1.54, 1.807) is 19.9 Å². The van der Waals surface area contributed by atoms with Gasteiger partial charge in [0.1, 0.15) is 18.1 Å². The summed E-state index contributed by atoms with van der Waals surface area (Å²) in [7, 11) is 1.19. The van der Waals surface area contributed by atoms with Crippen molar-refractivity contribution in [3.05, 3.63) is 87.0 Å². The maximum Gasteiger partial charge on any atom is 0.435 e. The van der Waals surface area contributed by atoms with Gasteiger partial charge < -0.3 is 14.2 Å². The van der Waals surface area contributed by atoms with Crippen LogP contribution in [0.2, 0.25) is 5.02 Å². The number of ketones is 1. The number of halogens is 7. The van der Waals surface area contributed by atoms with Gasteiger partial charge in [-0.2, -0.15) is 36.5 Å². The van der Waals surface area contributed by atoms with Crippen LogP contribution in [-0.4, -0.2) is 51.6 Å². The zero-order valence-electron chi connectivity index (χ0n) is 25.6. The molecule has 1 aliphatic rings. The standard InChI is InChI=1S/C32H27ClF6N4O5/c1-4-42-13-19(29(40-42)31(34,35)36)9-18-10-21(23-14-43(5-2)41-30(23)32(37,38)39)28-22(11-18)27(45)20(15-48-28)8-17-6-7-24(33)25(12-17)47-16-26(44)46-3/h6-8,10-14H,4-5,9,15-16H2,1-3H3/b20-8+. The smallest absolute Gasteiger partial charge is 0.435 e. The lowest BCUT2D eigenvalue weighted by Gasteiger charge is -2.23. The fourth-order valence-corrected chi connectivity index (χ4v) is 5.30. The molecule has 5 rings (SSSR count). The average molecular weight is 697 g/mol. The Morgan fingerprint density at radius 3 is 2.25 bits per heavy atom. The van der Waals surface area contributed by atoms with Crippen molar-refractivity contribution in [1.29, 1.82) is 0 Å². The quantitative estimate of drug-likeness (QED) is 0.103. The van der Waals surface area contributed by atoms with Crippen molar-refractivity contribution in [1.82, 2.24) is 19.6 Å². The largest absolute Gasteiger partial charge is 0.487 e. The van der Waals surface area contributed by atoms with Crippen LogP contribution >= 0.6 is 11.6 Å². The first-order chi connectivity index (χ1) is 22.6. The number of hydrogen-bond acceptors (Lipinski definition) is 7. The van der Waals surface area contributed by atoms with Crippen molar-refractivity contribution in [2.45, 2.75) is 45.7 Å². The summed E-state index contributed by atoms with van der Waals surface area (Å²) in [5, 5.41) is 7.46. The van der Waals surface area contributed by atoms with Crippen LogP contribution in [0.4, 0.5) is 26.3 Å². The Morgan fingerprint density at radius 1 is 0.958 bits per heavy atom. The average Bonchev–Trinajstić information content (AvgIpc) is 3.67. The van der Waals surface area contributed by atoms with E-state index in [-0.39, 0.29) is 64.0 Å². The summed E-state index contributed by atoms with van der Waals surface area (Å²) < 4.78 is 102. The Balaban J connectivity index is 1.63. The fourth-order valence-electron chi connectivity index (χ4n) is 5.13. The van der Waals surface area contributed by atoms with Gasteiger partial charge in [0.2, 0.25) is 0 Å². The van der Waals surface area contributed by atoms with Crippen LogP contribution in [0.25, 0.3) is 17.2 Å². The number of rotatable bonds is 9. The SMILES string of the molecule is CCn1cc(Cc2cc3c(c(-c4cn(CC)nc4C(F)(F)F)c2)OC/C(=C\c2ccc(Cl)c(OCC(=O)OC)c2)C3=O)c(C(F)(F)F)n1. The number of esters is 1. The van der Waals surface area contributed by atoms with E-state index in [4.69, 9.17) is 21.1 Å². The van der Waals surface area contributed by atoms with E-state index in [0.717, 1.165) is 15.6 Å². The first-order valence-corrected chi connectivity index (χ1v) is 14.8. The van der Waals surface area contributed by atoms with Crippen molar-refractivity contribution in [2.24, 2.45) is 0 Å². The Bertz CT molecular complexity index is 1910. The van der Waals surface area contributed by atoms with E-state index in [0.29, 0.717) is 5.56 Å². The number of fused-ring (bicyclic) bond motifs is 1. The summed E-state index contributed by atoms with van der Waals surface area (Å²) in [4.78, 5) is 25.4. The zero-order valence-corrected chi connectivity index (χ0v) is 26.4. The molecule has 0 saturated heterocycles. The summed E-state index contributed by atoms with van der Waals surface area (Å²) in [6.45, 7) is 2.66. The number of nitrogens with zero attached hydrogens (tertiary/aromatic N) is 4. The minimum Gasteiger partial charge on any atom is -0.487 e. The van der Waals surface area contributed by atoms with Gasteiger partial charge in [0.25, 0.3) is 0 Å². The van der Waals surface area contributed by atoms with Crippen LogP contribution in [-0.2, 0) is 41.4 Å². The highest BCUT2D eigenvalue weighted by atomic mass is 35.5. The molecule has 0 aliphatic carbocycles. The van der Waals surface area contributed by atoms with Crippen LogP contribution in [0, 0.1) is 0 Å². The molecule has 4 aromatic rings. The number of aromatic nitrogens is 4. The van der Waals surface area contributed by atoms with E-state index in [1.807, 2.05) is 0 Å². The topological polar surface area (TPSA) is 97.5 Å². The van der Waals surface area contributed by atoms with Gasteiger partial charge in [0, 0.05) is 54.2 Å². The molecule has 2 aromatic carbocycles. The van der Waals surface area contributed by atoms with Crippen LogP contribution in [0.1, 0.15) is 52.3 Å². The van der Waals surface area contributed by atoms with E-state index in [2.05, 4.69) is 14.9 Å². The van der Waals surface area contributed by atoms with Crippen LogP contribution in [0.3, 0.4) is 0 Å². The molecule has 254 valence electrons. The molecule has 0 spiro atoms. The lowest BCUT2D eigenvalue weighted by Crippen LogP contribution is -2.20. The highest BCUT2D eigenvalue weighted by molar-refractivity contribution is 6.32. The Kier molecular flexibility index (Phi) is 9.62. The normalized spacial score (nSPS) is 14.2. The minimum absolute atomic E-state index is 0.0851. The number of ether oxygens (including phenoxy) is 3. The third-order valence-corrected chi connectivity index (χ3v) is 7.71. The zero-order chi connectivity index (χ0) is 35.0. The summed E-state index contributed by atoms with van der Waals surface area (Å²) >= 11 is 6.18. The molecule has 2 aromatic heterocycles. The lowest BCUT2D eigenvalue weighted by molar-refractivity contribution is -0.143. The van der Waals surface area contributed by atoms with Crippen molar-refractivity contribution in [3.63, 3.8) is 0 Å². The number of methoxy groups -OCH3 is 1. The number of hydrogen-bond donors (Lipinski definition) is 0. The van der Waals surface area contributed by atoms with E-state index >= 15 is 0 Å². The number of benzene rings is 2. The molecule has 48 heavy (non-hydrogen) atoms. The van der Waals surface area contributed by atoms with Gasteiger partial charge >= 0.3 is 18.3 Å². The molecule has 16 heteroatoms. The van der Waals surface area contributed by atoms with Gasteiger partial charge in [0.15, 0.2) is 23.8 Å². The molecule has 0 amide bonds. The number of carbonyl (C=O) groups excluding carboxylic acids is 2. The van der Waals surface area contributed by atoms with Gasteiger partial charge in [-0.3, -0.25) is 14.2 Å². The summed E-state index contributed by atoms with van der Waals surface area (Å²) in [5.41, 5.74) is -2.69. The van der Waals surface area contributed by atoms with E-state index in [1.165, 1.54) is 43.6 Å². The first kappa shape index (κ1) is 34.5. The highest BCUT2D eigenvalue weighted by Gasteiger charge is 2.40. The number of Topliss-reactive ketones (excluding diaryl/α,β-unsaturated/α-hetero) is 1. The number of aryl methyl sites for hydroxylation is 2. The molecule has 0 radical (unpaired) electrons. The van der Waals surface area contributed by atoms with Crippen molar-refractivity contribution < 1.29 is 50.1 Å². The second-order valence-corrected chi connectivity index (χ2v) is 11.0. The van der Waals surface area contributed by atoms with Gasteiger partial charge in [-0.05, 0) is 55.3 Å². The highest BCUT2D eigenvalue weighted by Crippen LogP contribution is 2.44. The van der Waals surface area contributed by atoms with E-state index < -0.39 is 54.1 Å². The third-order valence-electron chi connectivity index (χ3n) is 7.40. The van der Waals surface area contributed by atoms with Gasteiger partial charge in [-0.15, -0.1) is 0 Å². The van der Waals surface area contributed by atoms with Crippen LogP contribution in [0.5, 0.6) is 11.5 Å². The first-order valence-electron chi connectivity index (χ1n) is 14.5. The fraction of sp³-hybridized carbons (Fsp3) is 0.312. The Hall–Kier alpha value is -4.79. The summed E-state index contributed by atoms with van der Waals surface area (Å²) in [6, 6.07) is 7.08. The van der Waals surface area contributed by atoms with Crippen molar-refractivity contribution in [2.75, 3.05) is 20.3 Å². The van der Waals surface area contributed by atoms with Crippen LogP contribution in [0.15, 0.2) is 48.3 Å². The number of carbonyl (C=O) groups is 2. The second kappa shape index (κ2) is 13.4. The molecule has 0 unspecified atom stereocenters. The molecule has 0 saturated carbocycles. The van der Waals surface area contributed by atoms with Crippen molar-refractivity contribution in [3.8, 4) is 22.6 Å². The maximum absolute atomic E-state index is 14.2. The molecule has 0 fully saturated rings. The molecular weight excluding hydrogens is 670 g/mol. The van der Waals surface area contributed by atoms with Gasteiger partial charge in [-0.25, -0.2) is 4.79 Å². The predicted octanol–water partition coefficient (Wildman–Crippen LogP) is 7.28. The Morgan fingerprint density at radius 2 is 1.60 bits per heavy atom. The molecule has 0 N–H and O–H groups in total. The van der Waals surface area contributed by atoms with Crippen LogP contribution < -0.4 is 9.47 Å². The summed E-state index contributed by atoms with van der Waals surface area (Å²) in [5.74, 6) is -1.33. The minimum atomic E-state index is -4.89. The number of alkyl halides is 6. The van der Waals surface area contributed by atoms with E-state index in [9.17, 15) is 35.9 Å². The van der Waals surface area contributed by atoms with Gasteiger partial charge in [0.05, 0.1) is 17.7 Å². The molecule has 3 heterocycles. The Labute approximate surface area is 274 Å². The predicted molar refractivity (Wildman–Crippen MR) is 161 cm³/mol. The lowest BCUT2D eigenvalue weighted by atomic mass is 9.90. The summed E-state index contributed by atoms with van der Waals surface area (Å²) in [6.07, 6.45) is -6.28. The molecule has 1 aliphatic heterocycles. The third kappa shape index (κ3) is 7.20. The monoisotopic (exact) mass is 696 g/mol. The second-order valence-electron chi connectivity index (χ2n) is 10.6. The molecule has 0 bridgehead atoms. The molecule has 0 atom stereocenters. The van der Waals surface area contributed by atoms with Gasteiger partial charge in [-0.1, -0.05) is 17.7 Å². The molecule has 9 nitrogen and oxygen atoms in total. The van der Waals surface area contributed by atoms with Crippen molar-refractivity contribution >= 4 is 29.4 Å². The molecular formula is C32H27ClF6N4O5.